The molecule has 1 aliphatic rings. The largest absolute Gasteiger partial charge is 0.445 e. The molecule has 1 amide bonds. The summed E-state index contributed by atoms with van der Waals surface area (Å²) in [7, 11) is 0. The van der Waals surface area contributed by atoms with Crippen LogP contribution in [0.2, 0.25) is 0 Å². The number of ether oxygens (including phenoxy) is 1. The number of benzene rings is 2. The van der Waals surface area contributed by atoms with E-state index >= 15 is 0 Å². The van der Waals surface area contributed by atoms with Crippen molar-refractivity contribution in [1.82, 2.24) is 4.90 Å². The summed E-state index contributed by atoms with van der Waals surface area (Å²) in [5.41, 5.74) is 1.72. The molecule has 0 spiro atoms. The molecule has 1 N–H and O–H groups in total. The van der Waals surface area contributed by atoms with Gasteiger partial charge in [-0.2, -0.15) is 0 Å². The number of halogens is 1. The Morgan fingerprint density at radius 2 is 1.88 bits per heavy atom. The van der Waals surface area contributed by atoms with Crippen molar-refractivity contribution in [3.8, 4) is 0 Å². The predicted molar refractivity (Wildman–Crippen MR) is 87.7 cm³/mol. The lowest BCUT2D eigenvalue weighted by Crippen LogP contribution is -2.42. The molecule has 2 aromatic carbocycles. The highest BCUT2D eigenvalue weighted by molar-refractivity contribution is 5.68. The van der Waals surface area contributed by atoms with Crippen molar-refractivity contribution in [1.29, 1.82) is 0 Å². The second-order valence-corrected chi connectivity index (χ2v) is 5.98. The van der Waals surface area contributed by atoms with Gasteiger partial charge in [-0.3, -0.25) is 0 Å². The van der Waals surface area contributed by atoms with Crippen LogP contribution in [0.5, 0.6) is 0 Å². The maximum absolute atomic E-state index is 13.1. The summed E-state index contributed by atoms with van der Waals surface area (Å²) in [5, 5.41) is 9.95. The van der Waals surface area contributed by atoms with E-state index < -0.39 is 12.2 Å². The quantitative estimate of drug-likeness (QED) is 0.935. The summed E-state index contributed by atoms with van der Waals surface area (Å²) in [6.07, 6.45) is 0.0443. The molecule has 2 atom stereocenters. The smallest absolute Gasteiger partial charge is 0.410 e. The van der Waals surface area contributed by atoms with Gasteiger partial charge in [0.2, 0.25) is 0 Å². The van der Waals surface area contributed by atoms with Crippen LogP contribution < -0.4 is 0 Å². The number of hydrogen-bond acceptors (Lipinski definition) is 3. The lowest BCUT2D eigenvalue weighted by atomic mass is 9.94. The third-order valence-electron chi connectivity index (χ3n) is 4.27. The molecule has 0 bridgehead atoms. The summed E-state index contributed by atoms with van der Waals surface area (Å²) in [4.78, 5) is 14.1. The Balaban J connectivity index is 1.71. The predicted octanol–water partition coefficient (Wildman–Crippen LogP) is 3.66. The van der Waals surface area contributed by atoms with Crippen LogP contribution in [0.4, 0.5) is 9.18 Å². The maximum atomic E-state index is 13.1. The van der Waals surface area contributed by atoms with Gasteiger partial charge in [0.25, 0.3) is 0 Å². The highest BCUT2D eigenvalue weighted by Crippen LogP contribution is 2.31. The van der Waals surface area contributed by atoms with Crippen molar-refractivity contribution < 1.29 is 19.0 Å². The Labute approximate surface area is 140 Å². The molecule has 3 rings (SSSR count). The van der Waals surface area contributed by atoms with E-state index in [0.717, 1.165) is 11.1 Å². The number of carbonyl (C=O) groups excluding carboxylic acids is 1. The van der Waals surface area contributed by atoms with Crippen molar-refractivity contribution in [2.24, 2.45) is 0 Å². The van der Waals surface area contributed by atoms with Crippen LogP contribution in [-0.4, -0.2) is 28.7 Å². The number of piperidine rings is 1. The van der Waals surface area contributed by atoms with Gasteiger partial charge < -0.3 is 14.7 Å². The molecule has 0 radical (unpaired) electrons. The fourth-order valence-electron chi connectivity index (χ4n) is 2.97. The Morgan fingerprint density at radius 1 is 1.17 bits per heavy atom. The van der Waals surface area contributed by atoms with E-state index in [2.05, 4.69) is 0 Å². The summed E-state index contributed by atoms with van der Waals surface area (Å²) in [5.74, 6) is -0.326. The lowest BCUT2D eigenvalue weighted by molar-refractivity contribution is 0.0259. The van der Waals surface area contributed by atoms with Crippen molar-refractivity contribution in [2.75, 3.05) is 6.54 Å². The number of nitrogens with zero attached hydrogens (tertiary/aromatic N) is 1. The van der Waals surface area contributed by atoms with E-state index in [9.17, 15) is 14.3 Å². The van der Waals surface area contributed by atoms with Crippen molar-refractivity contribution in [2.45, 2.75) is 31.6 Å². The monoisotopic (exact) mass is 329 g/mol. The van der Waals surface area contributed by atoms with Gasteiger partial charge in [0.1, 0.15) is 12.4 Å². The number of aliphatic hydroxyl groups is 1. The summed E-state index contributed by atoms with van der Waals surface area (Å²) >= 11 is 0. The second-order valence-electron chi connectivity index (χ2n) is 5.98. The zero-order valence-electron chi connectivity index (χ0n) is 13.3. The van der Waals surface area contributed by atoms with Crippen molar-refractivity contribution in [3.63, 3.8) is 0 Å². The van der Waals surface area contributed by atoms with Gasteiger partial charge >= 0.3 is 6.09 Å². The van der Waals surface area contributed by atoms with Gasteiger partial charge in [-0.05, 0) is 36.1 Å². The molecule has 2 aromatic rings. The van der Waals surface area contributed by atoms with E-state index in [-0.39, 0.29) is 18.5 Å². The minimum absolute atomic E-state index is 0.203. The minimum atomic E-state index is -0.474. The van der Waals surface area contributed by atoms with Gasteiger partial charge in [-0.25, -0.2) is 9.18 Å². The molecule has 0 aliphatic carbocycles. The Kier molecular flexibility index (Phi) is 5.11. The van der Waals surface area contributed by atoms with Crippen molar-refractivity contribution >= 4 is 6.09 Å². The number of amides is 1. The first-order valence-electron chi connectivity index (χ1n) is 8.04. The maximum Gasteiger partial charge on any atom is 0.410 e. The van der Waals surface area contributed by atoms with Crippen LogP contribution in [0.3, 0.4) is 0 Å². The van der Waals surface area contributed by atoms with Gasteiger partial charge in [0, 0.05) is 6.54 Å². The summed E-state index contributed by atoms with van der Waals surface area (Å²) < 4.78 is 18.5. The SMILES string of the molecule is O=C(OCc1ccccc1)N1CCC(O)CC1c1ccc(F)cc1. The molecule has 1 heterocycles. The van der Waals surface area contributed by atoms with E-state index in [0.29, 0.717) is 19.4 Å². The average Bonchev–Trinajstić information content (AvgIpc) is 2.61. The van der Waals surface area contributed by atoms with Gasteiger partial charge in [-0.1, -0.05) is 42.5 Å². The van der Waals surface area contributed by atoms with Crippen molar-refractivity contribution in [3.05, 3.63) is 71.5 Å². The lowest BCUT2D eigenvalue weighted by Gasteiger charge is -2.37. The zero-order chi connectivity index (χ0) is 16.9. The van der Waals surface area contributed by atoms with Crippen LogP contribution in [0, 0.1) is 5.82 Å². The number of carbonyl (C=O) groups is 1. The van der Waals surface area contributed by atoms with Crippen LogP contribution in [-0.2, 0) is 11.3 Å². The highest BCUT2D eigenvalue weighted by atomic mass is 19.1. The van der Waals surface area contributed by atoms with Gasteiger partial charge in [-0.15, -0.1) is 0 Å². The molecule has 0 saturated carbocycles. The number of aliphatic hydroxyl groups excluding tert-OH is 1. The Morgan fingerprint density at radius 3 is 2.58 bits per heavy atom. The highest BCUT2D eigenvalue weighted by Gasteiger charge is 2.32. The molecule has 126 valence electrons. The fraction of sp³-hybridized carbons (Fsp3) is 0.316. The normalized spacial score (nSPS) is 20.7. The molecule has 0 aromatic heterocycles. The first kappa shape index (κ1) is 16.5. The first-order valence-corrected chi connectivity index (χ1v) is 8.04. The topological polar surface area (TPSA) is 49.8 Å². The van der Waals surface area contributed by atoms with Crippen LogP contribution >= 0.6 is 0 Å². The molecular weight excluding hydrogens is 309 g/mol. The molecule has 2 unspecified atom stereocenters. The minimum Gasteiger partial charge on any atom is -0.445 e. The molecule has 24 heavy (non-hydrogen) atoms. The second kappa shape index (κ2) is 7.45. The Bertz CT molecular complexity index is 675. The third-order valence-corrected chi connectivity index (χ3v) is 4.27. The third kappa shape index (κ3) is 3.92. The number of likely N-dealkylation sites (tertiary alicyclic amines) is 1. The molecule has 1 aliphatic heterocycles. The van der Waals surface area contributed by atoms with E-state index in [1.807, 2.05) is 30.3 Å². The summed E-state index contributed by atoms with van der Waals surface area (Å²) in [6.45, 7) is 0.617. The van der Waals surface area contributed by atoms with E-state index in [1.54, 1.807) is 17.0 Å². The standard InChI is InChI=1S/C19H20FNO3/c20-16-8-6-15(7-9-16)18-12-17(22)10-11-21(18)19(23)24-13-14-4-2-1-3-5-14/h1-9,17-18,22H,10-13H2. The van der Waals surface area contributed by atoms with E-state index in [1.165, 1.54) is 12.1 Å². The van der Waals surface area contributed by atoms with Gasteiger partial charge in [0.15, 0.2) is 0 Å². The van der Waals surface area contributed by atoms with Gasteiger partial charge in [0.05, 0.1) is 12.1 Å². The molecule has 1 fully saturated rings. The number of rotatable bonds is 3. The average molecular weight is 329 g/mol. The first-order chi connectivity index (χ1) is 11.6. The summed E-state index contributed by atoms with van der Waals surface area (Å²) in [6, 6.07) is 15.2. The fourth-order valence-corrected chi connectivity index (χ4v) is 2.97. The molecule has 4 nitrogen and oxygen atoms in total. The number of hydrogen-bond donors (Lipinski definition) is 1. The zero-order valence-corrected chi connectivity index (χ0v) is 13.3. The van der Waals surface area contributed by atoms with E-state index in [4.69, 9.17) is 4.74 Å². The Hall–Kier alpha value is -2.40. The van der Waals surface area contributed by atoms with Crippen LogP contribution in [0.25, 0.3) is 0 Å². The molecule has 5 heteroatoms. The molecular formula is C19H20FNO3. The van der Waals surface area contributed by atoms with Crippen LogP contribution in [0.1, 0.15) is 30.0 Å². The van der Waals surface area contributed by atoms with Crippen LogP contribution in [0.15, 0.2) is 54.6 Å². The molecule has 1 saturated heterocycles.